The highest BCUT2D eigenvalue weighted by molar-refractivity contribution is 5.91. The lowest BCUT2D eigenvalue weighted by Crippen LogP contribution is -2.21. The average Bonchev–Trinajstić information content (AvgIpc) is 2.34. The van der Waals surface area contributed by atoms with Gasteiger partial charge in [-0.3, -0.25) is 0 Å². The number of rotatable bonds is 3. The summed E-state index contributed by atoms with van der Waals surface area (Å²) >= 11 is 0. The summed E-state index contributed by atoms with van der Waals surface area (Å²) in [6.07, 6.45) is 0. The van der Waals surface area contributed by atoms with Crippen LogP contribution in [0.1, 0.15) is 0 Å². The Morgan fingerprint density at radius 3 is 1.39 bits per heavy atom. The summed E-state index contributed by atoms with van der Waals surface area (Å²) in [7, 11) is 2.74. The molecule has 0 aliphatic rings. The molecule has 0 spiro atoms. The van der Waals surface area contributed by atoms with Crippen LogP contribution in [0.2, 0.25) is 0 Å². The van der Waals surface area contributed by atoms with Crippen LogP contribution in [0.4, 0.5) is 0 Å². The Balaban J connectivity index is 4.20. The zero-order chi connectivity index (χ0) is 14.0. The molecule has 0 radical (unpaired) electrons. The number of guanidine groups is 2. The van der Waals surface area contributed by atoms with E-state index < -0.39 is 0 Å². The molecule has 0 amide bonds. The molecule has 0 aromatic rings. The molecule has 0 fully saturated rings. The van der Waals surface area contributed by atoms with E-state index in [1.807, 2.05) is 0 Å². The molecule has 10 nitrogen and oxygen atoms in total. The van der Waals surface area contributed by atoms with Gasteiger partial charge < -0.3 is 32.4 Å². The van der Waals surface area contributed by atoms with Crippen molar-refractivity contribution in [1.29, 1.82) is 0 Å². The van der Waals surface area contributed by atoms with Gasteiger partial charge in [0.15, 0.2) is 0 Å². The van der Waals surface area contributed by atoms with E-state index in [9.17, 15) is 0 Å². The summed E-state index contributed by atoms with van der Waals surface area (Å²) < 4.78 is 9.19. The maximum absolute atomic E-state index is 5.42. The molecule has 0 unspecified atom stereocenters. The zero-order valence-electron chi connectivity index (χ0n) is 10.3. The van der Waals surface area contributed by atoms with E-state index in [2.05, 4.69) is 29.4 Å². The van der Waals surface area contributed by atoms with Crippen LogP contribution in [0.25, 0.3) is 0 Å². The van der Waals surface area contributed by atoms with Crippen molar-refractivity contribution >= 4 is 24.0 Å². The third kappa shape index (κ3) is 7.73. The second-order valence-electron chi connectivity index (χ2n) is 2.79. The van der Waals surface area contributed by atoms with Crippen LogP contribution in [0.15, 0.2) is 20.0 Å². The van der Waals surface area contributed by atoms with E-state index in [4.69, 9.17) is 22.9 Å². The van der Waals surface area contributed by atoms with Crippen molar-refractivity contribution in [2.45, 2.75) is 0 Å². The van der Waals surface area contributed by atoms with Gasteiger partial charge in [0.05, 0.1) is 27.3 Å². The van der Waals surface area contributed by atoms with Crippen molar-refractivity contribution in [2.24, 2.45) is 42.9 Å². The minimum atomic E-state index is -0.0725. The molecule has 10 heteroatoms. The second kappa shape index (κ2) is 8.61. The molecule has 0 aromatic heterocycles. The molecule has 0 aliphatic carbocycles. The topological polar surface area (TPSA) is 172 Å². The molecule has 0 aromatic carbocycles. The second-order valence-corrected chi connectivity index (χ2v) is 2.79. The van der Waals surface area contributed by atoms with Gasteiger partial charge >= 0.3 is 0 Å². The van der Waals surface area contributed by atoms with Gasteiger partial charge in [-0.25, -0.2) is 9.98 Å². The van der Waals surface area contributed by atoms with E-state index in [1.165, 1.54) is 14.2 Å². The largest absolute Gasteiger partial charge is 0.468 e. The number of nitrogens with two attached hydrogens (primary N) is 4. The van der Waals surface area contributed by atoms with Crippen molar-refractivity contribution in [1.82, 2.24) is 0 Å². The number of hydrogen-bond donors (Lipinski definition) is 4. The van der Waals surface area contributed by atoms with Gasteiger partial charge in [-0.2, -0.15) is 9.98 Å². The minimum absolute atomic E-state index is 0.0111. The number of nitrogens with zero attached hydrogens (tertiary/aromatic N) is 4. The maximum atomic E-state index is 5.42. The predicted octanol–water partition coefficient (Wildman–Crippen LogP) is -2.46. The third-order valence-corrected chi connectivity index (χ3v) is 1.52. The summed E-state index contributed by atoms with van der Waals surface area (Å²) in [6, 6.07) is -0.145. The Hall–Kier alpha value is -2.52. The molecule has 0 rings (SSSR count). The van der Waals surface area contributed by atoms with Gasteiger partial charge in [0, 0.05) is 0 Å². The smallest absolute Gasteiger partial charge is 0.289 e. The third-order valence-electron chi connectivity index (χ3n) is 1.52. The molecule has 0 atom stereocenters. The van der Waals surface area contributed by atoms with Crippen LogP contribution >= 0.6 is 0 Å². The number of hydrogen-bond acceptors (Lipinski definition) is 4. The molecular weight excluding hydrogens is 240 g/mol. The Bertz CT molecular complexity index is 337. The van der Waals surface area contributed by atoms with Crippen molar-refractivity contribution in [2.75, 3.05) is 27.3 Å². The Morgan fingerprint density at radius 1 is 0.778 bits per heavy atom. The van der Waals surface area contributed by atoms with Gasteiger partial charge in [0.25, 0.3) is 12.0 Å². The number of ether oxygens (including phenoxy) is 2. The molecule has 18 heavy (non-hydrogen) atoms. The summed E-state index contributed by atoms with van der Waals surface area (Å²) in [4.78, 5) is 15.0. The average molecular weight is 258 g/mol. The standard InChI is InChI=1S/C8H18N8O2/c1-17-7(11)15-5(9)13-3-4-14-6(10)16-8(12)18-2/h3-4H2,1-2H3,(H4,9,11,13,15)(H4,10,12,14,16). The number of aliphatic imine (C=N–C) groups is 4. The fraction of sp³-hybridized carbons (Fsp3) is 0.500. The van der Waals surface area contributed by atoms with Gasteiger partial charge in [0.2, 0.25) is 11.9 Å². The van der Waals surface area contributed by atoms with E-state index >= 15 is 0 Å². The molecule has 0 bridgehead atoms. The van der Waals surface area contributed by atoms with Crippen LogP contribution in [0.5, 0.6) is 0 Å². The van der Waals surface area contributed by atoms with E-state index in [0.29, 0.717) is 0 Å². The summed E-state index contributed by atoms with van der Waals surface area (Å²) in [6.45, 7) is 0.546. The fourth-order valence-corrected chi connectivity index (χ4v) is 0.717. The Kier molecular flexibility index (Phi) is 7.41. The lowest BCUT2D eigenvalue weighted by Gasteiger charge is -1.98. The highest BCUT2D eigenvalue weighted by Crippen LogP contribution is 1.81. The van der Waals surface area contributed by atoms with Crippen LogP contribution in [-0.4, -0.2) is 51.3 Å². The summed E-state index contributed by atoms with van der Waals surface area (Å²) in [5, 5.41) is 0. The Morgan fingerprint density at radius 2 is 1.11 bits per heavy atom. The van der Waals surface area contributed by atoms with Gasteiger partial charge in [0.1, 0.15) is 0 Å². The van der Waals surface area contributed by atoms with E-state index in [-0.39, 0.29) is 37.1 Å². The summed E-state index contributed by atoms with van der Waals surface area (Å²) in [5.41, 5.74) is 21.4. The van der Waals surface area contributed by atoms with E-state index in [1.54, 1.807) is 0 Å². The quantitative estimate of drug-likeness (QED) is 0.248. The SMILES string of the molecule is COC(N)=NC(N)=NCCN=C(N)N=C(N)OC. The number of methoxy groups -OCH3 is 2. The predicted molar refractivity (Wildman–Crippen MR) is 70.2 cm³/mol. The van der Waals surface area contributed by atoms with Gasteiger partial charge in [-0.1, -0.05) is 0 Å². The first-order valence-electron chi connectivity index (χ1n) is 4.85. The zero-order valence-corrected chi connectivity index (χ0v) is 10.3. The van der Waals surface area contributed by atoms with Crippen molar-refractivity contribution in [3.8, 4) is 0 Å². The van der Waals surface area contributed by atoms with Crippen molar-refractivity contribution in [3.05, 3.63) is 0 Å². The molecule has 0 aliphatic heterocycles. The van der Waals surface area contributed by atoms with Crippen LogP contribution in [0, 0.1) is 0 Å². The normalized spacial score (nSPS) is 14.6. The highest BCUT2D eigenvalue weighted by atomic mass is 16.5. The monoisotopic (exact) mass is 258 g/mol. The van der Waals surface area contributed by atoms with Gasteiger partial charge in [-0.05, 0) is 0 Å². The van der Waals surface area contributed by atoms with Crippen LogP contribution in [-0.2, 0) is 9.47 Å². The lowest BCUT2D eigenvalue weighted by atomic mass is 10.6. The maximum Gasteiger partial charge on any atom is 0.289 e. The first kappa shape index (κ1) is 15.5. The molecule has 0 saturated heterocycles. The fourth-order valence-electron chi connectivity index (χ4n) is 0.717. The molecule has 0 heterocycles. The van der Waals surface area contributed by atoms with Crippen LogP contribution < -0.4 is 22.9 Å². The molecule has 0 saturated carbocycles. The first-order chi connectivity index (χ1) is 8.49. The Labute approximate surface area is 104 Å². The molecular formula is C8H18N8O2. The van der Waals surface area contributed by atoms with Gasteiger partial charge in [-0.15, -0.1) is 0 Å². The van der Waals surface area contributed by atoms with E-state index in [0.717, 1.165) is 0 Å². The number of amidine groups is 2. The van der Waals surface area contributed by atoms with Crippen LogP contribution in [0.3, 0.4) is 0 Å². The first-order valence-corrected chi connectivity index (χ1v) is 4.85. The molecule has 8 N–H and O–H groups in total. The molecule has 102 valence electrons. The van der Waals surface area contributed by atoms with Crippen molar-refractivity contribution in [3.63, 3.8) is 0 Å². The van der Waals surface area contributed by atoms with Crippen molar-refractivity contribution < 1.29 is 9.47 Å². The minimum Gasteiger partial charge on any atom is -0.468 e. The lowest BCUT2D eigenvalue weighted by molar-refractivity contribution is 0.397. The summed E-state index contributed by atoms with van der Waals surface area (Å²) in [5.74, 6) is -0.0222. The highest BCUT2D eigenvalue weighted by Gasteiger charge is 1.93.